The van der Waals surface area contributed by atoms with Crippen molar-refractivity contribution in [1.82, 2.24) is 5.32 Å². The van der Waals surface area contributed by atoms with Gasteiger partial charge in [0.1, 0.15) is 17.3 Å². The van der Waals surface area contributed by atoms with E-state index in [1.807, 2.05) is 13.8 Å². The van der Waals surface area contributed by atoms with Crippen LogP contribution in [0, 0.1) is 11.7 Å². The summed E-state index contributed by atoms with van der Waals surface area (Å²) < 4.78 is 24.7. The molecule has 1 heterocycles. The third kappa shape index (κ3) is 4.40. The fourth-order valence-electron chi connectivity index (χ4n) is 3.68. The van der Waals surface area contributed by atoms with Crippen LogP contribution in [0.2, 0.25) is 0 Å². The van der Waals surface area contributed by atoms with Crippen LogP contribution in [-0.2, 0) is 15.0 Å². The van der Waals surface area contributed by atoms with E-state index in [4.69, 9.17) is 9.47 Å². The summed E-state index contributed by atoms with van der Waals surface area (Å²) in [7, 11) is 3.08. The number of carbonyl (C=O) groups is 2. The predicted octanol–water partition coefficient (Wildman–Crippen LogP) is 3.29. The summed E-state index contributed by atoms with van der Waals surface area (Å²) in [5.41, 5.74) is 0.561. The summed E-state index contributed by atoms with van der Waals surface area (Å²) in [5.74, 6) is -0.0302. The number of nitrogens with one attached hydrogen (secondary N) is 1. The lowest BCUT2D eigenvalue weighted by molar-refractivity contribution is -0.126. The van der Waals surface area contributed by atoms with Crippen LogP contribution < -0.4 is 19.7 Å². The van der Waals surface area contributed by atoms with Gasteiger partial charge in [-0.05, 0) is 23.8 Å². The predicted molar refractivity (Wildman–Crippen MR) is 112 cm³/mol. The Morgan fingerprint density at radius 1 is 1.20 bits per heavy atom. The first kappa shape index (κ1) is 21.6. The van der Waals surface area contributed by atoms with E-state index in [1.54, 1.807) is 48.4 Å². The zero-order valence-corrected chi connectivity index (χ0v) is 17.7. The van der Waals surface area contributed by atoms with Gasteiger partial charge >= 0.3 is 0 Å². The second kappa shape index (κ2) is 8.73. The van der Waals surface area contributed by atoms with Gasteiger partial charge in [-0.1, -0.05) is 32.0 Å². The first-order valence-corrected chi connectivity index (χ1v) is 9.82. The first-order valence-electron chi connectivity index (χ1n) is 9.82. The van der Waals surface area contributed by atoms with E-state index in [2.05, 4.69) is 5.32 Å². The first-order chi connectivity index (χ1) is 14.3. The Balaban J connectivity index is 1.68. The van der Waals surface area contributed by atoms with Crippen LogP contribution in [0.15, 0.2) is 42.5 Å². The topological polar surface area (TPSA) is 67.9 Å². The summed E-state index contributed by atoms with van der Waals surface area (Å²) >= 11 is 0. The minimum absolute atomic E-state index is 0.112. The highest BCUT2D eigenvalue weighted by Crippen LogP contribution is 2.36. The number of benzene rings is 2. The van der Waals surface area contributed by atoms with Gasteiger partial charge in [0.05, 0.1) is 25.8 Å². The van der Waals surface area contributed by atoms with Crippen molar-refractivity contribution in [3.63, 3.8) is 0 Å². The van der Waals surface area contributed by atoms with Crippen LogP contribution >= 0.6 is 0 Å². The molecule has 0 aromatic heterocycles. The van der Waals surface area contributed by atoms with Crippen molar-refractivity contribution >= 4 is 17.5 Å². The van der Waals surface area contributed by atoms with Gasteiger partial charge in [0.25, 0.3) is 0 Å². The van der Waals surface area contributed by atoms with Crippen molar-refractivity contribution in [1.29, 1.82) is 0 Å². The average molecular weight is 414 g/mol. The van der Waals surface area contributed by atoms with Crippen molar-refractivity contribution in [3.8, 4) is 11.5 Å². The van der Waals surface area contributed by atoms with Crippen molar-refractivity contribution in [3.05, 3.63) is 53.8 Å². The van der Waals surface area contributed by atoms with Gasteiger partial charge < -0.3 is 19.7 Å². The molecule has 0 spiro atoms. The number of carbonyl (C=O) groups excluding carboxylic acids is 2. The molecular weight excluding hydrogens is 387 g/mol. The highest BCUT2D eigenvalue weighted by molar-refractivity contribution is 6.01. The molecule has 0 saturated carbocycles. The lowest BCUT2D eigenvalue weighted by Crippen LogP contribution is -2.40. The third-order valence-electron chi connectivity index (χ3n) is 5.48. The third-order valence-corrected chi connectivity index (χ3v) is 5.48. The van der Waals surface area contributed by atoms with Crippen molar-refractivity contribution in [2.75, 3.05) is 32.2 Å². The van der Waals surface area contributed by atoms with Crippen molar-refractivity contribution in [2.45, 2.75) is 25.7 Å². The average Bonchev–Trinajstić information content (AvgIpc) is 3.13. The molecule has 1 N–H and O–H groups in total. The Hall–Kier alpha value is -3.09. The molecule has 2 amide bonds. The van der Waals surface area contributed by atoms with Gasteiger partial charge in [0.15, 0.2) is 0 Å². The Morgan fingerprint density at radius 3 is 2.60 bits per heavy atom. The SMILES string of the molecule is COc1ccc(N2CC(C(=O)NCC(C)(C)c3ccccc3F)CC2=O)c(OC)c1. The number of methoxy groups -OCH3 is 2. The number of nitrogens with zero attached hydrogens (tertiary/aromatic N) is 1. The zero-order valence-electron chi connectivity index (χ0n) is 17.7. The molecule has 0 aliphatic carbocycles. The maximum absolute atomic E-state index is 14.1. The fourth-order valence-corrected chi connectivity index (χ4v) is 3.68. The van der Waals surface area contributed by atoms with Crippen LogP contribution in [0.5, 0.6) is 11.5 Å². The molecule has 1 unspecified atom stereocenters. The van der Waals surface area contributed by atoms with Crippen LogP contribution in [0.4, 0.5) is 10.1 Å². The number of hydrogen-bond acceptors (Lipinski definition) is 4. The smallest absolute Gasteiger partial charge is 0.227 e. The number of anilines is 1. The molecule has 160 valence electrons. The van der Waals surface area contributed by atoms with Gasteiger partial charge in [-0.2, -0.15) is 0 Å². The lowest BCUT2D eigenvalue weighted by Gasteiger charge is -2.27. The highest BCUT2D eigenvalue weighted by Gasteiger charge is 2.37. The maximum Gasteiger partial charge on any atom is 0.227 e. The van der Waals surface area contributed by atoms with Crippen LogP contribution in [0.3, 0.4) is 0 Å². The lowest BCUT2D eigenvalue weighted by atomic mass is 9.84. The molecule has 3 rings (SSSR count). The minimum atomic E-state index is -0.581. The van der Waals surface area contributed by atoms with Crippen LogP contribution in [0.25, 0.3) is 0 Å². The molecule has 1 fully saturated rings. The normalized spacial score (nSPS) is 16.5. The molecule has 6 nitrogen and oxygen atoms in total. The standard InChI is InChI=1S/C23H27FN2O4/c1-23(2,17-7-5-6-8-18(17)24)14-25-22(28)15-11-21(27)26(13-15)19-10-9-16(29-3)12-20(19)30-4/h5-10,12,15H,11,13-14H2,1-4H3,(H,25,28). The zero-order chi connectivity index (χ0) is 21.9. The van der Waals surface area contributed by atoms with E-state index in [0.29, 0.717) is 22.7 Å². The molecule has 1 aliphatic heterocycles. The van der Waals surface area contributed by atoms with Crippen LogP contribution in [0.1, 0.15) is 25.8 Å². The maximum atomic E-state index is 14.1. The monoisotopic (exact) mass is 414 g/mol. The molecule has 30 heavy (non-hydrogen) atoms. The summed E-state index contributed by atoms with van der Waals surface area (Å²) in [6.07, 6.45) is 0.112. The number of hydrogen-bond donors (Lipinski definition) is 1. The molecule has 0 radical (unpaired) electrons. The van der Waals surface area contributed by atoms with E-state index in [-0.39, 0.29) is 37.1 Å². The van der Waals surface area contributed by atoms with E-state index < -0.39 is 11.3 Å². The van der Waals surface area contributed by atoms with Gasteiger partial charge in [0, 0.05) is 31.0 Å². The molecule has 2 aromatic carbocycles. The summed E-state index contributed by atoms with van der Waals surface area (Å²) in [5, 5.41) is 2.89. The molecular formula is C23H27FN2O4. The molecule has 1 aliphatic rings. The number of ether oxygens (including phenoxy) is 2. The Morgan fingerprint density at radius 2 is 1.93 bits per heavy atom. The van der Waals surface area contributed by atoms with Gasteiger partial charge in [-0.3, -0.25) is 9.59 Å². The summed E-state index contributed by atoms with van der Waals surface area (Å²) in [4.78, 5) is 26.9. The van der Waals surface area contributed by atoms with Gasteiger partial charge in [-0.25, -0.2) is 4.39 Å². The number of amides is 2. The Labute approximate surface area is 176 Å². The van der Waals surface area contributed by atoms with Gasteiger partial charge in [-0.15, -0.1) is 0 Å². The summed E-state index contributed by atoms with van der Waals surface area (Å²) in [6, 6.07) is 11.7. The van der Waals surface area contributed by atoms with Crippen molar-refractivity contribution in [2.24, 2.45) is 5.92 Å². The van der Waals surface area contributed by atoms with E-state index in [1.165, 1.54) is 13.2 Å². The molecule has 2 aromatic rings. The van der Waals surface area contributed by atoms with E-state index >= 15 is 0 Å². The Kier molecular flexibility index (Phi) is 6.29. The second-order valence-electron chi connectivity index (χ2n) is 8.02. The van der Waals surface area contributed by atoms with E-state index in [0.717, 1.165) is 0 Å². The molecule has 0 bridgehead atoms. The molecule has 7 heteroatoms. The van der Waals surface area contributed by atoms with E-state index in [9.17, 15) is 14.0 Å². The Bertz CT molecular complexity index is 945. The quantitative estimate of drug-likeness (QED) is 0.755. The minimum Gasteiger partial charge on any atom is -0.497 e. The number of halogens is 1. The number of rotatable bonds is 7. The summed E-state index contributed by atoms with van der Waals surface area (Å²) in [6.45, 7) is 4.27. The molecule has 1 atom stereocenters. The fraction of sp³-hybridized carbons (Fsp3) is 0.391. The van der Waals surface area contributed by atoms with Gasteiger partial charge in [0.2, 0.25) is 11.8 Å². The second-order valence-corrected chi connectivity index (χ2v) is 8.02. The van der Waals surface area contributed by atoms with Crippen molar-refractivity contribution < 1.29 is 23.5 Å². The molecule has 1 saturated heterocycles. The van der Waals surface area contributed by atoms with Crippen LogP contribution in [-0.4, -0.2) is 39.1 Å². The highest BCUT2D eigenvalue weighted by atomic mass is 19.1. The largest absolute Gasteiger partial charge is 0.497 e.